The molecule has 1 unspecified atom stereocenters. The van der Waals surface area contributed by atoms with Gasteiger partial charge in [-0.2, -0.15) is 39.5 Å². The highest BCUT2D eigenvalue weighted by atomic mass is 19.4. The third kappa shape index (κ3) is 8.13. The Hall–Kier alpha value is -4.92. The van der Waals surface area contributed by atoms with Gasteiger partial charge in [-0.05, 0) is 83.3 Å². The van der Waals surface area contributed by atoms with Crippen LogP contribution in [-0.2, 0) is 24.9 Å². The van der Waals surface area contributed by atoms with Crippen molar-refractivity contribution in [2.75, 3.05) is 7.11 Å². The molecule has 0 saturated carbocycles. The summed E-state index contributed by atoms with van der Waals surface area (Å²) >= 11 is 0. The summed E-state index contributed by atoms with van der Waals surface area (Å²) in [6, 6.07) is 8.95. The highest BCUT2D eigenvalue weighted by molar-refractivity contribution is 5.90. The molecule has 1 aromatic heterocycles. The van der Waals surface area contributed by atoms with Crippen molar-refractivity contribution in [3.8, 4) is 28.1 Å². The number of halogens is 9. The van der Waals surface area contributed by atoms with E-state index in [4.69, 9.17) is 10.1 Å². The average molecular weight is 685 g/mol. The minimum absolute atomic E-state index is 0.0171. The maximum atomic E-state index is 13.7. The van der Waals surface area contributed by atoms with E-state index in [2.05, 4.69) is 4.98 Å². The zero-order valence-electron chi connectivity index (χ0n) is 24.9. The molecule has 4 aromatic rings. The molecule has 0 saturated heterocycles. The van der Waals surface area contributed by atoms with E-state index in [0.717, 1.165) is 18.2 Å². The van der Waals surface area contributed by atoms with Crippen molar-refractivity contribution in [3.05, 3.63) is 106 Å². The lowest BCUT2D eigenvalue weighted by Gasteiger charge is -2.19. The molecule has 254 valence electrons. The molecule has 48 heavy (non-hydrogen) atoms. The highest BCUT2D eigenvalue weighted by Crippen LogP contribution is 2.40. The molecule has 15 heteroatoms. The van der Waals surface area contributed by atoms with Crippen LogP contribution in [0.4, 0.5) is 39.5 Å². The van der Waals surface area contributed by atoms with Crippen molar-refractivity contribution < 1.29 is 59.3 Å². The summed E-state index contributed by atoms with van der Waals surface area (Å²) in [6.07, 6.45) is -17.2. The Kier molecular flexibility index (Phi) is 9.95. The van der Waals surface area contributed by atoms with Crippen molar-refractivity contribution in [2.45, 2.75) is 44.4 Å². The molecule has 0 fully saturated rings. The Morgan fingerprint density at radius 3 is 1.92 bits per heavy atom. The van der Waals surface area contributed by atoms with E-state index in [-0.39, 0.29) is 34.2 Å². The number of alkyl halides is 9. The zero-order chi connectivity index (χ0) is 35.8. The summed E-state index contributed by atoms with van der Waals surface area (Å²) in [5.41, 5.74) is -4.07. The summed E-state index contributed by atoms with van der Waals surface area (Å²) in [7, 11) is 1.25. The molecule has 0 radical (unpaired) electrons. The highest BCUT2D eigenvalue weighted by Gasteiger charge is 2.38. The predicted molar refractivity (Wildman–Crippen MR) is 156 cm³/mol. The second kappa shape index (κ2) is 13.3. The van der Waals surface area contributed by atoms with Crippen LogP contribution in [0.25, 0.3) is 22.3 Å². The SMILES string of the molecule is COc1ncc(-c2ccc(C(=O)O)cc2C)cc1-c1ccc(C(F)(F)F)cc1CC(=N)CC(O)c1cc(C(F)(F)F)cc(C(F)(F)F)c1. The van der Waals surface area contributed by atoms with Gasteiger partial charge in [0, 0.05) is 35.9 Å². The molecular formula is C33H25F9N2O4. The molecular weight excluding hydrogens is 659 g/mol. The minimum atomic E-state index is -5.19. The number of ether oxygens (including phenoxy) is 1. The van der Waals surface area contributed by atoms with Gasteiger partial charge >= 0.3 is 24.5 Å². The number of hydrogen-bond donors (Lipinski definition) is 3. The van der Waals surface area contributed by atoms with Gasteiger partial charge < -0.3 is 20.4 Å². The van der Waals surface area contributed by atoms with Gasteiger partial charge in [-0.25, -0.2) is 9.78 Å². The van der Waals surface area contributed by atoms with Crippen molar-refractivity contribution >= 4 is 11.7 Å². The Balaban J connectivity index is 1.75. The minimum Gasteiger partial charge on any atom is -0.481 e. The Morgan fingerprint density at radius 2 is 1.40 bits per heavy atom. The lowest BCUT2D eigenvalue weighted by atomic mass is 9.90. The molecule has 0 aliphatic heterocycles. The lowest BCUT2D eigenvalue weighted by Crippen LogP contribution is -2.15. The van der Waals surface area contributed by atoms with Gasteiger partial charge in [0.1, 0.15) is 0 Å². The van der Waals surface area contributed by atoms with Crippen LogP contribution in [0.3, 0.4) is 0 Å². The number of rotatable bonds is 9. The second-order valence-electron chi connectivity index (χ2n) is 10.8. The number of aryl methyl sites for hydroxylation is 1. The number of aliphatic hydroxyl groups excluding tert-OH is 1. The Labute approximate surface area is 267 Å². The normalized spacial score (nSPS) is 12.9. The van der Waals surface area contributed by atoms with Crippen LogP contribution in [0.15, 0.2) is 66.9 Å². The molecule has 6 nitrogen and oxygen atoms in total. The van der Waals surface area contributed by atoms with Gasteiger partial charge in [-0.1, -0.05) is 12.1 Å². The third-order valence-corrected chi connectivity index (χ3v) is 7.39. The number of nitrogens with zero attached hydrogens (tertiary/aromatic N) is 1. The fourth-order valence-corrected chi connectivity index (χ4v) is 5.08. The molecule has 1 heterocycles. The van der Waals surface area contributed by atoms with Crippen LogP contribution >= 0.6 is 0 Å². The number of aromatic carboxylic acids is 1. The first-order valence-electron chi connectivity index (χ1n) is 13.8. The number of pyridine rings is 1. The van der Waals surface area contributed by atoms with E-state index < -0.39 is 71.4 Å². The number of carbonyl (C=O) groups is 1. The van der Waals surface area contributed by atoms with Crippen LogP contribution in [0.2, 0.25) is 0 Å². The van der Waals surface area contributed by atoms with Gasteiger partial charge in [0.25, 0.3) is 0 Å². The van der Waals surface area contributed by atoms with Crippen LogP contribution in [0.5, 0.6) is 5.88 Å². The smallest absolute Gasteiger partial charge is 0.416 e. The molecule has 3 aromatic carbocycles. The van der Waals surface area contributed by atoms with Gasteiger partial charge in [-0.3, -0.25) is 0 Å². The number of carboxylic acids is 1. The Morgan fingerprint density at radius 1 is 0.812 bits per heavy atom. The van der Waals surface area contributed by atoms with Crippen LogP contribution < -0.4 is 4.74 Å². The van der Waals surface area contributed by atoms with E-state index in [9.17, 15) is 54.5 Å². The summed E-state index contributed by atoms with van der Waals surface area (Å²) in [5.74, 6) is -1.19. The molecule has 1 atom stereocenters. The fourth-order valence-electron chi connectivity index (χ4n) is 5.08. The van der Waals surface area contributed by atoms with Crippen molar-refractivity contribution in [1.29, 1.82) is 5.41 Å². The topological polar surface area (TPSA) is 104 Å². The quantitative estimate of drug-likeness (QED) is 0.121. The number of benzene rings is 3. The Bertz CT molecular complexity index is 1830. The van der Waals surface area contributed by atoms with E-state index in [1.807, 2.05) is 0 Å². The van der Waals surface area contributed by atoms with Gasteiger partial charge in [-0.15, -0.1) is 0 Å². The molecule has 0 bridgehead atoms. The average Bonchev–Trinajstić information content (AvgIpc) is 2.99. The van der Waals surface area contributed by atoms with E-state index >= 15 is 0 Å². The van der Waals surface area contributed by atoms with Gasteiger partial charge in [0.15, 0.2) is 0 Å². The largest absolute Gasteiger partial charge is 0.481 e. The second-order valence-corrected chi connectivity index (χ2v) is 10.8. The molecule has 0 aliphatic rings. The van der Waals surface area contributed by atoms with Crippen molar-refractivity contribution in [2.24, 2.45) is 0 Å². The molecule has 3 N–H and O–H groups in total. The summed E-state index contributed by atoms with van der Waals surface area (Å²) in [5, 5.41) is 28.3. The van der Waals surface area contributed by atoms with Crippen molar-refractivity contribution in [3.63, 3.8) is 0 Å². The fraction of sp³-hybridized carbons (Fsp3) is 0.242. The number of aromatic nitrogens is 1. The van der Waals surface area contributed by atoms with E-state index in [1.54, 1.807) is 6.92 Å². The predicted octanol–water partition coefficient (Wildman–Crippen LogP) is 9.17. The number of hydrogen-bond acceptors (Lipinski definition) is 5. The summed E-state index contributed by atoms with van der Waals surface area (Å²) in [4.78, 5) is 15.6. The molecule has 0 aliphatic carbocycles. The number of methoxy groups -OCH3 is 1. The van der Waals surface area contributed by atoms with E-state index in [0.29, 0.717) is 28.8 Å². The number of nitrogens with one attached hydrogen (secondary N) is 1. The number of aliphatic hydroxyl groups is 1. The first-order chi connectivity index (χ1) is 22.2. The first kappa shape index (κ1) is 35.9. The monoisotopic (exact) mass is 684 g/mol. The first-order valence-corrected chi connectivity index (χ1v) is 13.8. The van der Waals surface area contributed by atoms with Crippen LogP contribution in [0.1, 0.15) is 56.3 Å². The lowest BCUT2D eigenvalue weighted by molar-refractivity contribution is -0.143. The maximum absolute atomic E-state index is 13.7. The van der Waals surface area contributed by atoms with Crippen molar-refractivity contribution in [1.82, 2.24) is 4.98 Å². The summed E-state index contributed by atoms with van der Waals surface area (Å²) in [6.45, 7) is 1.64. The van der Waals surface area contributed by atoms with Crippen LogP contribution in [-0.4, -0.2) is 34.0 Å². The molecule has 4 rings (SSSR count). The molecule has 0 spiro atoms. The van der Waals surface area contributed by atoms with Gasteiger partial charge in [0.2, 0.25) is 5.88 Å². The maximum Gasteiger partial charge on any atom is 0.416 e. The summed E-state index contributed by atoms with van der Waals surface area (Å²) < 4.78 is 127. The van der Waals surface area contributed by atoms with Gasteiger partial charge in [0.05, 0.1) is 35.5 Å². The zero-order valence-corrected chi connectivity index (χ0v) is 24.9. The van der Waals surface area contributed by atoms with Crippen LogP contribution in [0, 0.1) is 12.3 Å². The third-order valence-electron chi connectivity index (χ3n) is 7.39. The standard InChI is InChI=1S/C33H25F9N2O4/c1-16-7-17(30(46)47)3-5-25(16)20-12-27(29(48-2)44-15-20)26-6-4-21(31(34,35)36)8-18(26)11-24(43)14-28(45)19-9-22(32(37,38)39)13-23(10-19)33(40,41)42/h3-10,12-13,15,28,43,45H,11,14H2,1-2H3,(H,46,47). The molecule has 0 amide bonds. The van der Waals surface area contributed by atoms with E-state index in [1.165, 1.54) is 37.6 Å². The number of carboxylic acid groups (broad SMARTS) is 1.